The van der Waals surface area contributed by atoms with Gasteiger partial charge in [-0.05, 0) is 76.0 Å². The Bertz CT molecular complexity index is 1200. The zero-order valence-electron chi connectivity index (χ0n) is 14.6. The van der Waals surface area contributed by atoms with Gasteiger partial charge in [0.05, 0.1) is 21.1 Å². The molecular weight excluding hydrogens is 472 g/mol. The van der Waals surface area contributed by atoms with Gasteiger partial charge in [-0.3, -0.25) is 0 Å². The van der Waals surface area contributed by atoms with Crippen molar-refractivity contribution in [1.29, 1.82) is 0 Å². The maximum absolute atomic E-state index is 12.8. The number of carbonyl (C=O) groups is 1. The van der Waals surface area contributed by atoms with Crippen LogP contribution in [0.15, 0.2) is 57.5 Å². The first-order chi connectivity index (χ1) is 12.9. The second-order valence-corrected chi connectivity index (χ2v) is 8.05. The Morgan fingerprint density at radius 2 is 1.44 bits per heavy atom. The van der Waals surface area contributed by atoms with Crippen molar-refractivity contribution in [2.75, 3.05) is 0 Å². The standard InChI is InChI=1S/C21H14Br2N2O2/c1-11-7-12(2)9-13(8-11)21(26)27-20-15(23)10-14(22)18-19(20)25-17-6-4-3-5-16(17)24-18/h3-10H,1-2H3. The van der Waals surface area contributed by atoms with E-state index in [2.05, 4.69) is 41.8 Å². The normalized spacial score (nSPS) is 11.1. The Labute approximate surface area is 172 Å². The molecule has 27 heavy (non-hydrogen) atoms. The molecule has 4 rings (SSSR count). The van der Waals surface area contributed by atoms with E-state index in [-0.39, 0.29) is 0 Å². The van der Waals surface area contributed by atoms with Gasteiger partial charge >= 0.3 is 5.97 Å². The van der Waals surface area contributed by atoms with Crippen LogP contribution in [0.5, 0.6) is 5.75 Å². The van der Waals surface area contributed by atoms with Crippen molar-refractivity contribution in [1.82, 2.24) is 9.97 Å². The number of para-hydroxylation sites is 2. The van der Waals surface area contributed by atoms with Gasteiger partial charge in [0.15, 0.2) is 5.75 Å². The molecule has 0 radical (unpaired) electrons. The summed E-state index contributed by atoms with van der Waals surface area (Å²) in [6, 6.07) is 15.0. The SMILES string of the molecule is Cc1cc(C)cc(C(=O)Oc2c(Br)cc(Br)c3nc4ccccc4nc23)c1. The Kier molecular flexibility index (Phi) is 4.70. The predicted octanol–water partition coefficient (Wildman–Crippen LogP) is 6.14. The average molecular weight is 486 g/mol. The van der Waals surface area contributed by atoms with Crippen molar-refractivity contribution < 1.29 is 9.53 Å². The lowest BCUT2D eigenvalue weighted by Crippen LogP contribution is -2.10. The first kappa shape index (κ1) is 18.1. The van der Waals surface area contributed by atoms with E-state index in [0.717, 1.165) is 26.6 Å². The minimum absolute atomic E-state index is 0.357. The number of hydrogen-bond acceptors (Lipinski definition) is 4. The Balaban J connectivity index is 1.87. The molecule has 0 N–H and O–H groups in total. The summed E-state index contributed by atoms with van der Waals surface area (Å²) in [5.74, 6) is -0.0725. The number of ether oxygens (including phenoxy) is 1. The average Bonchev–Trinajstić information content (AvgIpc) is 2.63. The molecule has 134 valence electrons. The third-order valence-electron chi connectivity index (χ3n) is 4.13. The molecule has 0 aliphatic rings. The number of esters is 1. The van der Waals surface area contributed by atoms with E-state index in [4.69, 9.17) is 4.74 Å². The fourth-order valence-electron chi connectivity index (χ4n) is 3.02. The van der Waals surface area contributed by atoms with E-state index in [1.807, 2.05) is 62.4 Å². The number of fused-ring (bicyclic) bond motifs is 2. The van der Waals surface area contributed by atoms with Crippen molar-refractivity contribution >= 4 is 59.9 Å². The van der Waals surface area contributed by atoms with Crippen LogP contribution >= 0.6 is 31.9 Å². The molecular formula is C21H14Br2N2O2. The van der Waals surface area contributed by atoms with Gasteiger partial charge in [-0.2, -0.15) is 0 Å². The summed E-state index contributed by atoms with van der Waals surface area (Å²) < 4.78 is 7.15. The lowest BCUT2D eigenvalue weighted by atomic mass is 10.1. The molecule has 0 fully saturated rings. The van der Waals surface area contributed by atoms with Crippen LogP contribution < -0.4 is 4.74 Å². The first-order valence-corrected chi connectivity index (χ1v) is 9.86. The molecule has 1 aromatic heterocycles. The number of aryl methyl sites for hydroxylation is 2. The minimum Gasteiger partial charge on any atom is -0.419 e. The smallest absolute Gasteiger partial charge is 0.343 e. The molecule has 6 heteroatoms. The number of carbonyl (C=O) groups excluding carboxylic acids is 1. The van der Waals surface area contributed by atoms with Crippen molar-refractivity contribution in [2.24, 2.45) is 0 Å². The molecule has 4 nitrogen and oxygen atoms in total. The first-order valence-electron chi connectivity index (χ1n) is 8.27. The maximum atomic E-state index is 12.8. The van der Waals surface area contributed by atoms with Crippen LogP contribution in [0, 0.1) is 13.8 Å². The highest BCUT2D eigenvalue weighted by Crippen LogP contribution is 2.38. The summed E-state index contributed by atoms with van der Waals surface area (Å²) in [4.78, 5) is 22.1. The van der Waals surface area contributed by atoms with E-state index in [1.54, 1.807) is 0 Å². The van der Waals surface area contributed by atoms with E-state index in [0.29, 0.717) is 26.8 Å². The van der Waals surface area contributed by atoms with Gasteiger partial charge in [-0.15, -0.1) is 0 Å². The highest BCUT2D eigenvalue weighted by atomic mass is 79.9. The highest BCUT2D eigenvalue weighted by molar-refractivity contribution is 9.11. The van der Waals surface area contributed by atoms with E-state index in [9.17, 15) is 4.79 Å². The monoisotopic (exact) mass is 484 g/mol. The lowest BCUT2D eigenvalue weighted by molar-refractivity contribution is 0.0735. The van der Waals surface area contributed by atoms with Crippen molar-refractivity contribution in [3.05, 3.63) is 74.2 Å². The molecule has 0 unspecified atom stereocenters. The fraction of sp³-hybridized carbons (Fsp3) is 0.0952. The van der Waals surface area contributed by atoms with Crippen LogP contribution in [-0.2, 0) is 0 Å². The highest BCUT2D eigenvalue weighted by Gasteiger charge is 2.19. The van der Waals surface area contributed by atoms with Gasteiger partial charge in [0, 0.05) is 4.47 Å². The molecule has 0 atom stereocenters. The number of benzene rings is 3. The molecule has 0 aliphatic heterocycles. The zero-order chi connectivity index (χ0) is 19.1. The van der Waals surface area contributed by atoms with Crippen LogP contribution in [0.4, 0.5) is 0 Å². The molecule has 1 heterocycles. The molecule has 4 aromatic rings. The van der Waals surface area contributed by atoms with E-state index < -0.39 is 5.97 Å². The van der Waals surface area contributed by atoms with Crippen molar-refractivity contribution in [3.8, 4) is 5.75 Å². The molecule has 0 spiro atoms. The zero-order valence-corrected chi connectivity index (χ0v) is 17.8. The van der Waals surface area contributed by atoms with Crippen molar-refractivity contribution in [3.63, 3.8) is 0 Å². The van der Waals surface area contributed by atoms with E-state index in [1.165, 1.54) is 0 Å². The lowest BCUT2D eigenvalue weighted by Gasteiger charge is -2.12. The summed E-state index contributed by atoms with van der Waals surface area (Å²) in [6.45, 7) is 3.90. The summed E-state index contributed by atoms with van der Waals surface area (Å²) in [5.41, 5.74) is 5.19. The fourth-order valence-corrected chi connectivity index (χ4v) is 4.33. The van der Waals surface area contributed by atoms with Gasteiger partial charge in [0.25, 0.3) is 0 Å². The second-order valence-electron chi connectivity index (χ2n) is 6.34. The number of nitrogens with zero attached hydrogens (tertiary/aromatic N) is 2. The maximum Gasteiger partial charge on any atom is 0.343 e. The van der Waals surface area contributed by atoms with Crippen LogP contribution in [0.2, 0.25) is 0 Å². The predicted molar refractivity (Wildman–Crippen MR) is 113 cm³/mol. The molecule has 0 amide bonds. The Morgan fingerprint density at radius 1 is 0.852 bits per heavy atom. The Hall–Kier alpha value is -2.31. The molecule has 0 aliphatic carbocycles. The van der Waals surface area contributed by atoms with Crippen LogP contribution in [0.3, 0.4) is 0 Å². The van der Waals surface area contributed by atoms with Crippen LogP contribution in [0.25, 0.3) is 22.1 Å². The number of hydrogen-bond donors (Lipinski definition) is 0. The van der Waals surface area contributed by atoms with Gasteiger partial charge in [0.1, 0.15) is 11.0 Å². The molecule has 3 aromatic carbocycles. The van der Waals surface area contributed by atoms with Gasteiger partial charge in [-0.25, -0.2) is 14.8 Å². The third kappa shape index (κ3) is 3.47. The number of aromatic nitrogens is 2. The Morgan fingerprint density at radius 3 is 2.07 bits per heavy atom. The van der Waals surface area contributed by atoms with E-state index >= 15 is 0 Å². The largest absolute Gasteiger partial charge is 0.419 e. The minimum atomic E-state index is -0.430. The van der Waals surface area contributed by atoms with Crippen LogP contribution in [0.1, 0.15) is 21.5 Å². The summed E-state index contributed by atoms with van der Waals surface area (Å²) in [5, 5.41) is 0. The van der Waals surface area contributed by atoms with Gasteiger partial charge < -0.3 is 4.74 Å². The number of rotatable bonds is 2. The quantitative estimate of drug-likeness (QED) is 0.194. The van der Waals surface area contributed by atoms with Crippen molar-refractivity contribution in [2.45, 2.75) is 13.8 Å². The topological polar surface area (TPSA) is 52.1 Å². The van der Waals surface area contributed by atoms with Crippen LogP contribution in [-0.4, -0.2) is 15.9 Å². The third-order valence-corrected chi connectivity index (χ3v) is 5.33. The summed E-state index contributed by atoms with van der Waals surface area (Å²) >= 11 is 7.01. The number of halogens is 2. The summed E-state index contributed by atoms with van der Waals surface area (Å²) in [6.07, 6.45) is 0. The molecule has 0 saturated carbocycles. The summed E-state index contributed by atoms with van der Waals surface area (Å²) in [7, 11) is 0. The molecule has 0 bridgehead atoms. The molecule has 0 saturated heterocycles. The van der Waals surface area contributed by atoms with Gasteiger partial charge in [0.2, 0.25) is 0 Å². The van der Waals surface area contributed by atoms with Gasteiger partial charge in [-0.1, -0.05) is 29.3 Å². The second kappa shape index (κ2) is 7.02.